The van der Waals surface area contributed by atoms with E-state index in [0.717, 1.165) is 0 Å². The largest absolute Gasteiger partial charge is 0.396 e. The van der Waals surface area contributed by atoms with Crippen LogP contribution in [0, 0.1) is 5.92 Å². The van der Waals surface area contributed by atoms with Crippen molar-refractivity contribution in [3.8, 4) is 11.5 Å². The second kappa shape index (κ2) is 6.55. The lowest BCUT2D eigenvalue weighted by molar-refractivity contribution is 0.249. The Morgan fingerprint density at radius 3 is 2.86 bits per heavy atom. The van der Waals surface area contributed by atoms with E-state index in [2.05, 4.69) is 10.1 Å². The fourth-order valence-electron chi connectivity index (χ4n) is 1.79. The summed E-state index contributed by atoms with van der Waals surface area (Å²) >= 11 is 5.87. The van der Waals surface area contributed by atoms with Crippen LogP contribution in [-0.2, 0) is 15.6 Å². The van der Waals surface area contributed by atoms with Gasteiger partial charge in [0, 0.05) is 17.2 Å². The van der Waals surface area contributed by atoms with E-state index in [1.807, 2.05) is 0 Å². The van der Waals surface area contributed by atoms with Gasteiger partial charge in [-0.2, -0.15) is 4.98 Å². The van der Waals surface area contributed by atoms with Gasteiger partial charge in [0.05, 0.1) is 5.75 Å². The van der Waals surface area contributed by atoms with Gasteiger partial charge in [0.2, 0.25) is 0 Å². The average molecular weight is 331 g/mol. The molecular weight excluding hydrogens is 316 g/mol. The highest BCUT2D eigenvalue weighted by Crippen LogP contribution is 2.21. The van der Waals surface area contributed by atoms with Gasteiger partial charge in [0.15, 0.2) is 15.7 Å². The molecule has 0 fully saturated rings. The molecule has 1 heterocycles. The molecule has 1 N–H and O–H groups in total. The smallest absolute Gasteiger partial charge is 0.258 e. The lowest BCUT2D eigenvalue weighted by Crippen LogP contribution is -2.18. The Hall–Kier alpha value is -1.44. The van der Waals surface area contributed by atoms with Crippen molar-refractivity contribution in [3.63, 3.8) is 0 Å². The van der Waals surface area contributed by atoms with E-state index in [1.165, 1.54) is 0 Å². The second-order valence-corrected chi connectivity index (χ2v) is 7.41. The maximum atomic E-state index is 11.9. The molecule has 1 atom stereocenters. The molecule has 2 rings (SSSR count). The van der Waals surface area contributed by atoms with Gasteiger partial charge in [-0.1, -0.05) is 29.7 Å². The van der Waals surface area contributed by atoms with Crippen LogP contribution in [0.4, 0.5) is 0 Å². The maximum Gasteiger partial charge on any atom is 0.258 e. The third-order valence-corrected chi connectivity index (χ3v) is 4.75. The molecule has 0 aliphatic rings. The predicted molar refractivity (Wildman–Crippen MR) is 78.5 cm³/mol. The zero-order chi connectivity index (χ0) is 15.5. The van der Waals surface area contributed by atoms with Gasteiger partial charge in [-0.05, 0) is 24.1 Å². The number of rotatable bonds is 6. The first kappa shape index (κ1) is 15.9. The molecule has 1 unspecified atom stereocenters. The molecular formula is C13H15ClN2O4S. The minimum absolute atomic E-state index is 0.0927. The molecule has 0 saturated heterocycles. The molecule has 0 aliphatic heterocycles. The zero-order valence-corrected chi connectivity index (χ0v) is 12.9. The van der Waals surface area contributed by atoms with Crippen molar-refractivity contribution in [3.05, 3.63) is 35.1 Å². The monoisotopic (exact) mass is 330 g/mol. The highest BCUT2D eigenvalue weighted by atomic mass is 35.5. The number of aliphatic hydroxyl groups is 1. The zero-order valence-electron chi connectivity index (χ0n) is 11.4. The fraction of sp³-hybridized carbons (Fsp3) is 0.385. The number of halogens is 1. The minimum atomic E-state index is -3.39. The van der Waals surface area contributed by atoms with Crippen molar-refractivity contribution < 1.29 is 18.0 Å². The van der Waals surface area contributed by atoms with Crippen LogP contribution < -0.4 is 0 Å². The number of benzene rings is 1. The Bertz CT molecular complexity index is 714. The summed E-state index contributed by atoms with van der Waals surface area (Å²) in [6, 6.07) is 6.84. The summed E-state index contributed by atoms with van der Waals surface area (Å²) in [5.41, 5.74) is 0.627. The molecule has 0 spiro atoms. The van der Waals surface area contributed by atoms with E-state index in [-0.39, 0.29) is 35.7 Å². The van der Waals surface area contributed by atoms with Crippen LogP contribution >= 0.6 is 11.6 Å². The molecule has 0 aliphatic carbocycles. The van der Waals surface area contributed by atoms with E-state index < -0.39 is 9.84 Å². The van der Waals surface area contributed by atoms with Gasteiger partial charge in [-0.3, -0.25) is 0 Å². The van der Waals surface area contributed by atoms with Gasteiger partial charge in [0.1, 0.15) is 5.75 Å². The van der Waals surface area contributed by atoms with Crippen LogP contribution in [-0.4, -0.2) is 36.0 Å². The molecule has 0 saturated carbocycles. The summed E-state index contributed by atoms with van der Waals surface area (Å²) in [7, 11) is -3.39. The number of hydrogen-bond donors (Lipinski definition) is 1. The van der Waals surface area contributed by atoms with Gasteiger partial charge in [0.25, 0.3) is 5.89 Å². The number of sulfone groups is 1. The number of aromatic nitrogens is 2. The SMILES string of the molecule is CC(CO)CS(=O)(=O)Cc1noc(-c2cccc(Cl)c2)n1. The number of aliphatic hydroxyl groups excluding tert-OH is 1. The Morgan fingerprint density at radius 1 is 1.43 bits per heavy atom. The van der Waals surface area contributed by atoms with Crippen molar-refractivity contribution in [1.82, 2.24) is 10.1 Å². The van der Waals surface area contributed by atoms with E-state index >= 15 is 0 Å². The van der Waals surface area contributed by atoms with E-state index in [9.17, 15) is 8.42 Å². The summed E-state index contributed by atoms with van der Waals surface area (Å²) in [6.45, 7) is 1.48. The average Bonchev–Trinajstić information content (AvgIpc) is 2.85. The molecule has 0 amide bonds. The quantitative estimate of drug-likeness (QED) is 0.869. The molecule has 6 nitrogen and oxygen atoms in total. The van der Waals surface area contributed by atoms with Crippen molar-refractivity contribution in [2.24, 2.45) is 5.92 Å². The summed E-state index contributed by atoms with van der Waals surface area (Å²) < 4.78 is 28.9. The lowest BCUT2D eigenvalue weighted by Gasteiger charge is -2.06. The normalized spacial score (nSPS) is 13.3. The maximum absolute atomic E-state index is 11.9. The highest BCUT2D eigenvalue weighted by molar-refractivity contribution is 7.90. The van der Waals surface area contributed by atoms with E-state index in [4.69, 9.17) is 21.2 Å². The number of nitrogens with zero attached hydrogens (tertiary/aromatic N) is 2. The van der Waals surface area contributed by atoms with E-state index in [1.54, 1.807) is 31.2 Å². The minimum Gasteiger partial charge on any atom is -0.396 e. The number of hydrogen-bond acceptors (Lipinski definition) is 6. The molecule has 114 valence electrons. The molecule has 0 bridgehead atoms. The van der Waals surface area contributed by atoms with Gasteiger partial charge in [-0.25, -0.2) is 8.42 Å². The van der Waals surface area contributed by atoms with Crippen molar-refractivity contribution in [1.29, 1.82) is 0 Å². The van der Waals surface area contributed by atoms with Crippen molar-refractivity contribution >= 4 is 21.4 Å². The van der Waals surface area contributed by atoms with Crippen molar-refractivity contribution in [2.45, 2.75) is 12.7 Å². The first-order valence-electron chi connectivity index (χ1n) is 6.29. The van der Waals surface area contributed by atoms with Crippen LogP contribution in [0.5, 0.6) is 0 Å². The third-order valence-electron chi connectivity index (χ3n) is 2.74. The second-order valence-electron chi connectivity index (χ2n) is 4.87. The molecule has 21 heavy (non-hydrogen) atoms. The van der Waals surface area contributed by atoms with Crippen LogP contribution in [0.25, 0.3) is 11.5 Å². The van der Waals surface area contributed by atoms with Crippen LogP contribution in [0.3, 0.4) is 0 Å². The Morgan fingerprint density at radius 2 is 2.19 bits per heavy atom. The lowest BCUT2D eigenvalue weighted by atomic mass is 10.2. The molecule has 1 aromatic carbocycles. The summed E-state index contributed by atoms with van der Waals surface area (Å²) in [5, 5.41) is 13.1. The summed E-state index contributed by atoms with van der Waals surface area (Å²) in [6.07, 6.45) is 0. The molecule has 2 aromatic rings. The third kappa shape index (κ3) is 4.52. The first-order valence-corrected chi connectivity index (χ1v) is 8.49. The topological polar surface area (TPSA) is 93.3 Å². The Kier molecular flexibility index (Phi) is 4.97. The molecule has 0 radical (unpaired) electrons. The Labute approximate surface area is 127 Å². The van der Waals surface area contributed by atoms with Crippen LogP contribution in [0.15, 0.2) is 28.8 Å². The fourth-order valence-corrected chi connectivity index (χ4v) is 3.58. The molecule has 1 aromatic heterocycles. The van der Waals surface area contributed by atoms with Gasteiger partial charge < -0.3 is 9.63 Å². The standard InChI is InChI=1S/C13H15ClN2O4S/c1-9(6-17)7-21(18,19)8-12-15-13(20-16-12)10-3-2-4-11(14)5-10/h2-5,9,17H,6-8H2,1H3. The van der Waals surface area contributed by atoms with E-state index in [0.29, 0.717) is 10.6 Å². The first-order chi connectivity index (χ1) is 9.89. The van der Waals surface area contributed by atoms with Gasteiger partial charge in [-0.15, -0.1) is 0 Å². The van der Waals surface area contributed by atoms with Crippen LogP contribution in [0.2, 0.25) is 5.02 Å². The summed E-state index contributed by atoms with van der Waals surface area (Å²) in [4.78, 5) is 4.06. The predicted octanol–water partition coefficient (Wildman–Crippen LogP) is 1.93. The summed E-state index contributed by atoms with van der Waals surface area (Å²) in [5.74, 6) is -0.450. The molecule has 8 heteroatoms. The van der Waals surface area contributed by atoms with Gasteiger partial charge >= 0.3 is 0 Å². The van der Waals surface area contributed by atoms with Crippen molar-refractivity contribution in [2.75, 3.05) is 12.4 Å². The highest BCUT2D eigenvalue weighted by Gasteiger charge is 2.20. The Balaban J connectivity index is 2.14. The van der Waals surface area contributed by atoms with Crippen LogP contribution in [0.1, 0.15) is 12.7 Å².